The van der Waals surface area contributed by atoms with Gasteiger partial charge < -0.3 is 20.1 Å². The van der Waals surface area contributed by atoms with Gasteiger partial charge in [-0.15, -0.1) is 24.0 Å². The summed E-state index contributed by atoms with van der Waals surface area (Å²) in [5.41, 5.74) is 1.06. The topological polar surface area (TPSA) is 58.1 Å². The van der Waals surface area contributed by atoms with Gasteiger partial charge in [0.1, 0.15) is 0 Å². The van der Waals surface area contributed by atoms with E-state index in [1.807, 2.05) is 12.1 Å². The zero-order chi connectivity index (χ0) is 20.0. The fourth-order valence-electron chi connectivity index (χ4n) is 3.34. The van der Waals surface area contributed by atoms with E-state index in [2.05, 4.69) is 59.2 Å². The molecule has 6 nitrogen and oxygen atoms in total. The number of likely N-dealkylation sites (tertiary alicyclic amines) is 1. The fraction of sp³-hybridized carbons (Fsp3) is 0.650. The maximum atomic E-state index is 5.43. The Hall–Kier alpha value is -0.740. The molecule has 2 atom stereocenters. The minimum absolute atomic E-state index is 0. The van der Waals surface area contributed by atoms with Crippen molar-refractivity contribution in [1.29, 1.82) is 0 Å². The third kappa shape index (κ3) is 6.66. The zero-order valence-electron chi connectivity index (χ0n) is 17.7. The first-order valence-electron chi connectivity index (χ1n) is 9.58. The molecular formula is C20H34BrIN4O2. The van der Waals surface area contributed by atoms with Crippen molar-refractivity contribution < 1.29 is 9.47 Å². The lowest BCUT2D eigenvalue weighted by molar-refractivity contribution is 0.265. The summed E-state index contributed by atoms with van der Waals surface area (Å²) in [6.07, 6.45) is 0. The van der Waals surface area contributed by atoms with E-state index in [-0.39, 0.29) is 24.0 Å². The SMILES string of the molecule is CCNC(=NCc1cc(Br)c(OC)c(OC)c1)NC1CN(C(C)C)CC1C.I. The Kier molecular flexibility index (Phi) is 10.9. The lowest BCUT2D eigenvalue weighted by Crippen LogP contribution is -2.46. The maximum absolute atomic E-state index is 5.43. The van der Waals surface area contributed by atoms with Gasteiger partial charge in [0.15, 0.2) is 17.5 Å². The second-order valence-corrected chi connectivity index (χ2v) is 8.14. The van der Waals surface area contributed by atoms with Crippen LogP contribution in [0.25, 0.3) is 0 Å². The Morgan fingerprint density at radius 2 is 2.00 bits per heavy atom. The lowest BCUT2D eigenvalue weighted by Gasteiger charge is -2.22. The molecule has 1 aliphatic heterocycles. The number of methoxy groups -OCH3 is 2. The monoisotopic (exact) mass is 568 g/mol. The average Bonchev–Trinajstić information content (AvgIpc) is 3.00. The third-order valence-corrected chi connectivity index (χ3v) is 5.54. The van der Waals surface area contributed by atoms with Gasteiger partial charge in [-0.2, -0.15) is 0 Å². The molecule has 1 heterocycles. The first kappa shape index (κ1) is 25.3. The van der Waals surface area contributed by atoms with Crippen molar-refractivity contribution in [3.8, 4) is 11.5 Å². The molecule has 8 heteroatoms. The molecule has 1 saturated heterocycles. The Labute approximate surface area is 195 Å². The van der Waals surface area contributed by atoms with E-state index in [1.165, 1.54) is 0 Å². The number of hydrogen-bond acceptors (Lipinski definition) is 4. The second-order valence-electron chi connectivity index (χ2n) is 7.28. The largest absolute Gasteiger partial charge is 0.493 e. The van der Waals surface area contributed by atoms with Crippen molar-refractivity contribution in [1.82, 2.24) is 15.5 Å². The molecule has 2 rings (SSSR count). The van der Waals surface area contributed by atoms with Crippen LogP contribution in [0.4, 0.5) is 0 Å². The normalized spacial score (nSPS) is 20.1. The number of halogens is 2. The average molecular weight is 569 g/mol. The highest BCUT2D eigenvalue weighted by molar-refractivity contribution is 14.0. The summed E-state index contributed by atoms with van der Waals surface area (Å²) in [4.78, 5) is 7.29. The number of benzene rings is 1. The molecule has 1 aliphatic rings. The van der Waals surface area contributed by atoms with Crippen LogP contribution in [0.3, 0.4) is 0 Å². The highest BCUT2D eigenvalue weighted by atomic mass is 127. The van der Waals surface area contributed by atoms with Crippen molar-refractivity contribution in [2.24, 2.45) is 10.9 Å². The predicted molar refractivity (Wildman–Crippen MR) is 130 cm³/mol. The molecule has 1 aromatic rings. The van der Waals surface area contributed by atoms with Crippen LogP contribution in [0.5, 0.6) is 11.5 Å². The Balaban J connectivity index is 0.00000392. The van der Waals surface area contributed by atoms with Crippen molar-refractivity contribution >= 4 is 45.9 Å². The van der Waals surface area contributed by atoms with Gasteiger partial charge in [-0.25, -0.2) is 4.99 Å². The van der Waals surface area contributed by atoms with E-state index in [9.17, 15) is 0 Å². The minimum atomic E-state index is 0. The fourth-order valence-corrected chi connectivity index (χ4v) is 3.99. The van der Waals surface area contributed by atoms with Gasteiger partial charge in [-0.1, -0.05) is 6.92 Å². The van der Waals surface area contributed by atoms with Crippen LogP contribution >= 0.6 is 39.9 Å². The van der Waals surface area contributed by atoms with Gasteiger partial charge in [-0.05, 0) is 60.3 Å². The molecule has 2 unspecified atom stereocenters. The lowest BCUT2D eigenvalue weighted by atomic mass is 10.1. The molecule has 0 amide bonds. The number of rotatable bonds is 7. The van der Waals surface area contributed by atoms with E-state index < -0.39 is 0 Å². The standard InChI is InChI=1S/C20H33BrN4O2.HI/c1-7-22-20(24-17-12-25(13(2)3)11-14(17)4)23-10-15-8-16(21)19(27-6)18(9-15)26-5;/h8-9,13-14,17H,7,10-12H2,1-6H3,(H2,22,23,24);1H. The Morgan fingerprint density at radius 3 is 2.54 bits per heavy atom. The molecule has 1 fully saturated rings. The number of guanidine groups is 1. The van der Waals surface area contributed by atoms with E-state index in [0.717, 1.165) is 35.6 Å². The van der Waals surface area contributed by atoms with Crippen LogP contribution in [0.1, 0.15) is 33.3 Å². The Morgan fingerprint density at radius 1 is 1.29 bits per heavy atom. The van der Waals surface area contributed by atoms with Crippen LogP contribution in [-0.4, -0.2) is 56.8 Å². The van der Waals surface area contributed by atoms with Gasteiger partial charge >= 0.3 is 0 Å². The number of hydrogen-bond donors (Lipinski definition) is 2. The Bertz CT molecular complexity index is 657. The summed E-state index contributed by atoms with van der Waals surface area (Å²) in [6.45, 7) is 12.5. The quantitative estimate of drug-likeness (QED) is 0.297. The summed E-state index contributed by atoms with van der Waals surface area (Å²) in [5, 5.41) is 6.98. The number of aliphatic imine (C=N–C) groups is 1. The molecule has 160 valence electrons. The molecule has 0 radical (unpaired) electrons. The summed E-state index contributed by atoms with van der Waals surface area (Å²) < 4.78 is 11.7. The zero-order valence-corrected chi connectivity index (χ0v) is 21.6. The molecular weight excluding hydrogens is 535 g/mol. The molecule has 0 aliphatic carbocycles. The van der Waals surface area contributed by atoms with Crippen LogP contribution < -0.4 is 20.1 Å². The first-order chi connectivity index (χ1) is 12.9. The van der Waals surface area contributed by atoms with Crippen molar-refractivity contribution in [3.05, 3.63) is 22.2 Å². The van der Waals surface area contributed by atoms with Gasteiger partial charge in [0, 0.05) is 31.7 Å². The van der Waals surface area contributed by atoms with E-state index in [4.69, 9.17) is 14.5 Å². The minimum Gasteiger partial charge on any atom is -0.493 e. The summed E-state index contributed by atoms with van der Waals surface area (Å²) >= 11 is 3.55. The van der Waals surface area contributed by atoms with Gasteiger partial charge in [0.25, 0.3) is 0 Å². The van der Waals surface area contributed by atoms with Gasteiger partial charge in [0.05, 0.1) is 25.2 Å². The van der Waals surface area contributed by atoms with Crippen LogP contribution in [0.15, 0.2) is 21.6 Å². The summed E-state index contributed by atoms with van der Waals surface area (Å²) in [6, 6.07) is 4.97. The van der Waals surface area contributed by atoms with Crippen molar-refractivity contribution in [2.45, 2.75) is 46.3 Å². The van der Waals surface area contributed by atoms with Crippen molar-refractivity contribution in [3.63, 3.8) is 0 Å². The first-order valence-corrected chi connectivity index (χ1v) is 10.4. The molecule has 0 saturated carbocycles. The van der Waals surface area contributed by atoms with Crippen LogP contribution in [0, 0.1) is 5.92 Å². The molecule has 2 N–H and O–H groups in total. The number of nitrogens with zero attached hydrogens (tertiary/aromatic N) is 2. The number of ether oxygens (including phenoxy) is 2. The summed E-state index contributed by atoms with van der Waals surface area (Å²) in [5.74, 6) is 2.84. The van der Waals surface area contributed by atoms with Crippen LogP contribution in [0.2, 0.25) is 0 Å². The van der Waals surface area contributed by atoms with Crippen molar-refractivity contribution in [2.75, 3.05) is 33.9 Å². The van der Waals surface area contributed by atoms with Gasteiger partial charge in [-0.3, -0.25) is 4.90 Å². The van der Waals surface area contributed by atoms with Gasteiger partial charge in [0.2, 0.25) is 0 Å². The van der Waals surface area contributed by atoms with Crippen LogP contribution in [-0.2, 0) is 6.54 Å². The third-order valence-electron chi connectivity index (χ3n) is 4.95. The highest BCUT2D eigenvalue weighted by Crippen LogP contribution is 2.36. The molecule has 0 spiro atoms. The van der Waals surface area contributed by atoms with E-state index in [1.54, 1.807) is 14.2 Å². The molecule has 28 heavy (non-hydrogen) atoms. The molecule has 0 bridgehead atoms. The molecule has 1 aromatic carbocycles. The van der Waals surface area contributed by atoms with E-state index >= 15 is 0 Å². The second kappa shape index (κ2) is 12.1. The predicted octanol–water partition coefficient (Wildman–Crippen LogP) is 3.87. The smallest absolute Gasteiger partial charge is 0.191 e. The molecule has 0 aromatic heterocycles. The van der Waals surface area contributed by atoms with E-state index in [0.29, 0.717) is 36.0 Å². The maximum Gasteiger partial charge on any atom is 0.191 e. The number of nitrogens with one attached hydrogen (secondary N) is 2. The summed E-state index contributed by atoms with van der Waals surface area (Å²) in [7, 11) is 3.28. The highest BCUT2D eigenvalue weighted by Gasteiger charge is 2.31.